The van der Waals surface area contributed by atoms with Crippen molar-refractivity contribution >= 4 is 20.6 Å². The Morgan fingerprint density at radius 2 is 1.81 bits per heavy atom. The molecule has 0 aromatic heterocycles. The Balaban J connectivity index is 2.65. The molecule has 0 fully saturated rings. The fraction of sp³-hybridized carbons (Fsp3) is 0.529. The van der Waals surface area contributed by atoms with Gasteiger partial charge in [0.1, 0.15) is 0 Å². The Hall–Kier alpha value is -2.78. The summed E-state index contributed by atoms with van der Waals surface area (Å²) in [5, 5.41) is 11.4. The van der Waals surface area contributed by atoms with Crippen LogP contribution in [0, 0.1) is 10.1 Å². The second-order valence-corrected chi connectivity index (χ2v) is 10.9. The van der Waals surface area contributed by atoms with Crippen molar-refractivity contribution in [2.24, 2.45) is 0 Å². The molecule has 0 aliphatic carbocycles. The van der Waals surface area contributed by atoms with Gasteiger partial charge in [-0.05, 0) is 0 Å². The molecule has 0 atom stereocenters. The summed E-state index contributed by atoms with van der Waals surface area (Å²) in [6, 6.07) is 3.91. The first-order chi connectivity index (χ1) is 13.0. The van der Waals surface area contributed by atoms with Crippen LogP contribution in [0.4, 0.5) is 5.69 Å². The van der Waals surface area contributed by atoms with Crippen molar-refractivity contribution in [1.29, 1.82) is 0 Å². The molecule has 27 heavy (non-hydrogen) atoms. The van der Waals surface area contributed by atoms with E-state index in [0.717, 1.165) is 12.8 Å². The molecule has 0 N–H and O–H groups in total. The van der Waals surface area contributed by atoms with Gasteiger partial charge in [-0.15, -0.1) is 0 Å². The molecule has 10 heteroatoms. The zero-order valence-corrected chi connectivity index (χ0v) is 23.8. The number of rotatable bonds is 13. The van der Waals surface area contributed by atoms with Gasteiger partial charge in [-0.1, -0.05) is 0 Å². The number of benzene rings is 1. The van der Waals surface area contributed by atoms with Crippen LogP contribution in [0.25, 0.3) is 6.08 Å². The first kappa shape index (κ1) is 22.3. The maximum atomic E-state index is 11.4. The van der Waals surface area contributed by atoms with E-state index < -0.39 is 8.80 Å². The van der Waals surface area contributed by atoms with Crippen molar-refractivity contribution < 1.29 is 27.7 Å². The van der Waals surface area contributed by atoms with Gasteiger partial charge in [0, 0.05) is 21.3 Å². The third kappa shape index (κ3) is 6.15. The number of nitro groups is 1. The monoisotopic (exact) mass is 651 g/mol. The zero-order chi connectivity index (χ0) is 20.3. The first-order valence-electron chi connectivity index (χ1n) is 8.51. The van der Waals surface area contributed by atoms with Crippen LogP contribution in [0.1, 0.15) is 24.0 Å². The van der Waals surface area contributed by atoms with Gasteiger partial charge in [0.15, 0.2) is 0 Å². The van der Waals surface area contributed by atoms with Gasteiger partial charge >= 0.3 is 120 Å². The van der Waals surface area contributed by atoms with Gasteiger partial charge in [-0.2, -0.15) is 0 Å². The van der Waals surface area contributed by atoms with Gasteiger partial charge in [0.25, 0.3) is 0 Å². The Kier molecular flexibility index (Phi) is 9.10. The Bertz CT molecular complexity index is 630. The molecule has 1 aromatic rings. The second-order valence-electron chi connectivity index (χ2n) is 5.69. The summed E-state index contributed by atoms with van der Waals surface area (Å²) >= 11 is 0. The summed E-state index contributed by atoms with van der Waals surface area (Å²) in [5.41, 5.74) is 1.26. The van der Waals surface area contributed by atoms with Crippen molar-refractivity contribution in [3.05, 3.63) is 40.0 Å². The van der Waals surface area contributed by atoms with E-state index in [4.69, 9.17) is 22.8 Å². The Morgan fingerprint density at radius 1 is 1.15 bits per heavy atom. The van der Waals surface area contributed by atoms with Gasteiger partial charge in [0.2, 0.25) is 0 Å². The van der Waals surface area contributed by atoms with Crippen LogP contribution in [0.3, 0.4) is 0 Å². The average molecular weight is 651 g/mol. The molecule has 1 rings (SSSR count). The van der Waals surface area contributed by atoms with Gasteiger partial charge in [-0.3, -0.25) is 0 Å². The summed E-state index contributed by atoms with van der Waals surface area (Å²) in [5.74, 6) is 0.611. The number of ether oxygens (including phenoxy) is 2. The van der Waals surface area contributed by atoms with Crippen molar-refractivity contribution in [3.8, 4) is 5.75 Å². The standard InChI is InChI=1S/C17H26NO7Si.Rf/c1-6-14-11-16(18(19)20)15(12-17(14)21-2)13-25-9-7-8-10-26(22-3,23-4)24-5;/h1,6,11-12H,7-10,13H2,2-5H3;. The summed E-state index contributed by atoms with van der Waals surface area (Å²) < 4.78 is 27.5. The molecule has 1 aromatic carbocycles. The minimum atomic E-state index is -2.56. The van der Waals surface area contributed by atoms with Crippen LogP contribution in [-0.4, -0.2) is 48.8 Å². The molecule has 0 spiro atoms. The topological polar surface area (TPSA) is 89.3 Å². The Morgan fingerprint density at radius 3 is 2.33 bits per heavy atom. The van der Waals surface area contributed by atoms with E-state index in [9.17, 15) is 10.1 Å². The van der Waals surface area contributed by atoms with Crippen LogP contribution >= 0.6 is 0 Å². The molecule has 0 unspecified atom stereocenters. The summed E-state index contributed by atoms with van der Waals surface area (Å²) in [6.07, 6.45) is 3.46. The molecular weight excluding hydrogens is 625 g/mol. The molecular formula is C17H26NO7RfSi. The molecule has 0 saturated heterocycles. The van der Waals surface area contributed by atoms with Crippen LogP contribution in [0.5, 0.6) is 5.75 Å². The number of methoxy groups -OCH3 is 1. The fourth-order valence-electron chi connectivity index (χ4n) is 2.63. The number of hydrogen-bond donors (Lipinski definition) is 0. The number of hydrogen-bond acceptors (Lipinski definition) is 7. The molecule has 0 aliphatic rings. The van der Waals surface area contributed by atoms with Crippen LogP contribution in [-0.2, 0) is 24.6 Å². The molecule has 0 bridgehead atoms. The van der Waals surface area contributed by atoms with Gasteiger partial charge in [0.05, 0.1) is 0 Å². The molecule has 0 radical (unpaired) electrons. The predicted molar refractivity (Wildman–Crippen MR) is 99.2 cm³/mol. The minimum absolute atomic E-state index is 0.0450. The van der Waals surface area contributed by atoms with E-state index in [1.807, 2.05) is 12.7 Å². The summed E-state index contributed by atoms with van der Waals surface area (Å²) in [7, 11) is 3.76. The van der Waals surface area contributed by atoms with Crippen molar-refractivity contribution in [3.63, 3.8) is 0 Å². The zero-order valence-electron chi connectivity index (χ0n) is 16.4. The van der Waals surface area contributed by atoms with Crippen molar-refractivity contribution in [2.75, 3.05) is 35.0 Å². The van der Waals surface area contributed by atoms with Crippen LogP contribution < -0.4 is 4.74 Å². The van der Waals surface area contributed by atoms with E-state index in [1.54, 1.807) is 40.6 Å². The molecule has 8 nitrogen and oxygen atoms in total. The number of nitro benzene ring substituents is 1. The van der Waals surface area contributed by atoms with Crippen LogP contribution in [0.2, 0.25) is 6.04 Å². The fourth-order valence-corrected chi connectivity index (χ4v) is 5.57. The third-order valence-corrected chi connectivity index (χ3v) is 8.04. The molecule has 0 aliphatic heterocycles. The number of unbranched alkanes of at least 4 members (excludes halogenated alkanes) is 1. The van der Waals surface area contributed by atoms with E-state index in [1.165, 1.54) is 0 Å². The van der Waals surface area contributed by atoms with E-state index in [2.05, 4.69) is 0 Å². The summed E-state index contributed by atoms with van der Waals surface area (Å²) in [6.45, 7) is 2.65. The van der Waals surface area contributed by atoms with Crippen molar-refractivity contribution in [1.82, 2.24) is 0 Å². The third-order valence-electron chi connectivity index (χ3n) is 4.14. The molecule has 0 saturated carbocycles. The summed E-state index contributed by atoms with van der Waals surface area (Å²) in [4.78, 5) is 11.0. The maximum absolute atomic E-state index is 11.4. The van der Waals surface area contributed by atoms with E-state index in [-0.39, 0.29) is 17.2 Å². The average Bonchev–Trinajstić information content (AvgIpc) is 2.68. The van der Waals surface area contributed by atoms with Gasteiger partial charge in [-0.25, -0.2) is 0 Å². The second kappa shape index (κ2) is 11.0. The Labute approximate surface area is 155 Å². The quantitative estimate of drug-likeness (QED) is 0.140. The first-order valence-corrected chi connectivity index (χ1v) is 14.1. The van der Waals surface area contributed by atoms with Crippen molar-refractivity contribution in [2.45, 2.75) is 25.5 Å². The SMILES string of the molecule is COc1cc(COCCCC[Si](OC)(OC)OC)c([N+](=O)[O-])cc1/C=[CH]/[Rf]. The molecule has 0 amide bonds. The van der Waals surface area contributed by atoms with Crippen LogP contribution in [0.15, 0.2) is 18.7 Å². The predicted octanol–water partition coefficient (Wildman–Crippen LogP) is 3.30. The molecule has 0 heterocycles. The number of nitrogens with zero attached hydrogens (tertiary/aromatic N) is 1. The van der Waals surface area contributed by atoms with E-state index >= 15 is 0 Å². The van der Waals surface area contributed by atoms with Gasteiger partial charge < -0.3 is 13.3 Å². The molecule has 147 valence electrons. The normalized spacial score (nSPS) is 11.9. The van der Waals surface area contributed by atoms with E-state index in [0.29, 0.717) is 29.5 Å².